The number of nitrogen functional groups attached to an aromatic ring is 1. The van der Waals surface area contributed by atoms with E-state index in [4.69, 9.17) is 10.2 Å². The Kier molecular flexibility index (Phi) is 2.91. The highest BCUT2D eigenvalue weighted by molar-refractivity contribution is 9.10. The number of nitrogens with zero attached hydrogens (tertiary/aromatic N) is 1. The Labute approximate surface area is 99.8 Å². The summed E-state index contributed by atoms with van der Waals surface area (Å²) in [6.07, 6.45) is 4.45. The Hall–Kier alpha value is -1.82. The Morgan fingerprint density at radius 2 is 2.31 bits per heavy atom. The van der Waals surface area contributed by atoms with Crippen molar-refractivity contribution in [2.24, 2.45) is 0 Å². The van der Waals surface area contributed by atoms with E-state index in [1.807, 2.05) is 0 Å². The normalized spacial score (nSPS) is 10.1. The second-order valence-corrected chi connectivity index (χ2v) is 3.75. The molecule has 0 aliphatic heterocycles. The molecular formula is C10H8BrN3O2. The number of hydrogen-bond acceptors (Lipinski definition) is 4. The number of rotatable bonds is 2. The van der Waals surface area contributed by atoms with E-state index in [2.05, 4.69) is 26.2 Å². The number of furan rings is 1. The first kappa shape index (κ1) is 10.7. The van der Waals surface area contributed by atoms with E-state index in [-0.39, 0.29) is 5.91 Å². The van der Waals surface area contributed by atoms with Crippen LogP contribution in [0.2, 0.25) is 0 Å². The topological polar surface area (TPSA) is 81.1 Å². The zero-order valence-electron chi connectivity index (χ0n) is 8.11. The van der Waals surface area contributed by atoms with Crippen LogP contribution < -0.4 is 11.1 Å². The molecule has 2 rings (SSSR count). The number of nitrogens with one attached hydrogen (secondary N) is 1. The van der Waals surface area contributed by atoms with Gasteiger partial charge in [-0.15, -0.1) is 0 Å². The van der Waals surface area contributed by atoms with Gasteiger partial charge in [-0.25, -0.2) is 0 Å². The molecular weight excluding hydrogens is 274 g/mol. The highest BCUT2D eigenvalue weighted by Gasteiger charge is 2.13. The Balaban J connectivity index is 2.21. The molecule has 0 saturated heterocycles. The third-order valence-corrected chi connectivity index (χ3v) is 2.58. The molecule has 0 aromatic carbocycles. The van der Waals surface area contributed by atoms with E-state index < -0.39 is 0 Å². The molecule has 0 unspecified atom stereocenters. The van der Waals surface area contributed by atoms with Crippen LogP contribution in [0.15, 0.2) is 39.9 Å². The van der Waals surface area contributed by atoms with Crippen LogP contribution in [0, 0.1) is 0 Å². The molecule has 16 heavy (non-hydrogen) atoms. The van der Waals surface area contributed by atoms with Crippen LogP contribution in [0.25, 0.3) is 0 Å². The zero-order valence-corrected chi connectivity index (χ0v) is 9.69. The van der Waals surface area contributed by atoms with E-state index in [0.29, 0.717) is 21.6 Å². The van der Waals surface area contributed by atoms with Crippen LogP contribution in [-0.2, 0) is 0 Å². The van der Waals surface area contributed by atoms with E-state index in [9.17, 15) is 4.79 Å². The van der Waals surface area contributed by atoms with Gasteiger partial charge in [0.15, 0.2) is 4.67 Å². The monoisotopic (exact) mass is 281 g/mol. The molecule has 0 aliphatic rings. The molecule has 2 heterocycles. The molecule has 6 heteroatoms. The van der Waals surface area contributed by atoms with Gasteiger partial charge in [-0.05, 0) is 28.1 Å². The van der Waals surface area contributed by atoms with Gasteiger partial charge in [0.1, 0.15) is 0 Å². The molecule has 2 aromatic heterocycles. The van der Waals surface area contributed by atoms with Crippen LogP contribution >= 0.6 is 15.9 Å². The van der Waals surface area contributed by atoms with Gasteiger partial charge in [0, 0.05) is 6.20 Å². The third-order valence-electron chi connectivity index (χ3n) is 1.96. The number of halogens is 1. The number of amides is 1. The maximum Gasteiger partial charge on any atom is 0.260 e. The fourth-order valence-corrected chi connectivity index (χ4v) is 1.59. The Bertz CT molecular complexity index is 524. The van der Waals surface area contributed by atoms with E-state index in [1.165, 1.54) is 12.5 Å². The minimum atomic E-state index is -0.293. The summed E-state index contributed by atoms with van der Waals surface area (Å²) in [7, 11) is 0. The molecule has 0 aliphatic carbocycles. The van der Waals surface area contributed by atoms with Crippen molar-refractivity contribution in [1.29, 1.82) is 0 Å². The molecule has 0 spiro atoms. The first-order chi connectivity index (χ1) is 7.68. The summed E-state index contributed by atoms with van der Waals surface area (Å²) in [5.41, 5.74) is 6.99. The maximum atomic E-state index is 11.8. The van der Waals surface area contributed by atoms with Crippen molar-refractivity contribution in [1.82, 2.24) is 4.98 Å². The SMILES string of the molecule is Nc1cnccc1NC(=O)c1ccoc1Br. The Morgan fingerprint density at radius 1 is 1.50 bits per heavy atom. The second kappa shape index (κ2) is 4.36. The minimum absolute atomic E-state index is 0.293. The van der Waals surface area contributed by atoms with Crippen LogP contribution in [0.3, 0.4) is 0 Å². The maximum absolute atomic E-state index is 11.8. The van der Waals surface area contributed by atoms with Crippen LogP contribution in [0.4, 0.5) is 11.4 Å². The zero-order chi connectivity index (χ0) is 11.5. The predicted molar refractivity (Wildman–Crippen MR) is 63.0 cm³/mol. The van der Waals surface area contributed by atoms with Gasteiger partial charge in [0.05, 0.1) is 29.4 Å². The third kappa shape index (κ3) is 2.06. The largest absolute Gasteiger partial charge is 0.457 e. The molecule has 0 bridgehead atoms. The number of hydrogen-bond donors (Lipinski definition) is 2. The van der Waals surface area contributed by atoms with Gasteiger partial charge in [-0.3, -0.25) is 9.78 Å². The second-order valence-electron chi connectivity index (χ2n) is 3.03. The number of aromatic nitrogens is 1. The molecule has 1 amide bonds. The molecule has 0 radical (unpaired) electrons. The van der Waals surface area contributed by atoms with Crippen LogP contribution in [0.5, 0.6) is 0 Å². The lowest BCUT2D eigenvalue weighted by molar-refractivity contribution is 0.102. The van der Waals surface area contributed by atoms with Gasteiger partial charge in [-0.1, -0.05) is 0 Å². The smallest absolute Gasteiger partial charge is 0.260 e. The Morgan fingerprint density at radius 3 is 2.94 bits per heavy atom. The summed E-state index contributed by atoms with van der Waals surface area (Å²) < 4.78 is 5.35. The lowest BCUT2D eigenvalue weighted by Crippen LogP contribution is -2.12. The van der Waals surface area contributed by atoms with Gasteiger partial charge < -0.3 is 15.5 Å². The summed E-state index contributed by atoms with van der Waals surface area (Å²) in [6.45, 7) is 0. The van der Waals surface area contributed by atoms with Crippen molar-refractivity contribution in [3.05, 3.63) is 41.0 Å². The van der Waals surface area contributed by atoms with Crippen LogP contribution in [0.1, 0.15) is 10.4 Å². The number of pyridine rings is 1. The fourth-order valence-electron chi connectivity index (χ4n) is 1.17. The quantitative estimate of drug-likeness (QED) is 0.885. The van der Waals surface area contributed by atoms with Gasteiger partial charge in [-0.2, -0.15) is 0 Å². The van der Waals surface area contributed by atoms with Crippen molar-refractivity contribution >= 4 is 33.2 Å². The van der Waals surface area contributed by atoms with E-state index in [1.54, 1.807) is 18.3 Å². The van der Waals surface area contributed by atoms with Crippen molar-refractivity contribution in [3.8, 4) is 0 Å². The van der Waals surface area contributed by atoms with Gasteiger partial charge in [0.25, 0.3) is 5.91 Å². The minimum Gasteiger partial charge on any atom is -0.457 e. The predicted octanol–water partition coefficient (Wildman–Crippen LogP) is 2.27. The number of carbonyl (C=O) groups is 1. The highest BCUT2D eigenvalue weighted by Crippen LogP contribution is 2.21. The number of carbonyl (C=O) groups excluding carboxylic acids is 1. The van der Waals surface area contributed by atoms with Gasteiger partial charge in [0.2, 0.25) is 0 Å². The first-order valence-electron chi connectivity index (χ1n) is 4.42. The van der Waals surface area contributed by atoms with Gasteiger partial charge >= 0.3 is 0 Å². The molecule has 2 aromatic rings. The average Bonchev–Trinajstić information content (AvgIpc) is 2.68. The molecule has 0 saturated carbocycles. The van der Waals surface area contributed by atoms with Crippen molar-refractivity contribution in [2.45, 2.75) is 0 Å². The lowest BCUT2D eigenvalue weighted by atomic mass is 10.3. The summed E-state index contributed by atoms with van der Waals surface area (Å²) in [6, 6.07) is 3.19. The molecule has 0 atom stereocenters. The summed E-state index contributed by atoms with van der Waals surface area (Å²) in [4.78, 5) is 15.6. The van der Waals surface area contributed by atoms with Crippen LogP contribution in [-0.4, -0.2) is 10.9 Å². The molecule has 5 nitrogen and oxygen atoms in total. The average molecular weight is 282 g/mol. The highest BCUT2D eigenvalue weighted by atomic mass is 79.9. The van der Waals surface area contributed by atoms with E-state index >= 15 is 0 Å². The van der Waals surface area contributed by atoms with Crippen molar-refractivity contribution < 1.29 is 9.21 Å². The van der Waals surface area contributed by atoms with E-state index in [0.717, 1.165) is 0 Å². The molecule has 3 N–H and O–H groups in total. The summed E-state index contributed by atoms with van der Waals surface area (Å²) in [5, 5.41) is 2.66. The standard InChI is InChI=1S/C10H8BrN3O2/c11-9-6(2-4-16-9)10(15)14-8-1-3-13-5-7(8)12/h1-5H,12H2,(H,13,14,15). The lowest BCUT2D eigenvalue weighted by Gasteiger charge is -2.05. The first-order valence-corrected chi connectivity index (χ1v) is 5.21. The van der Waals surface area contributed by atoms with Crippen molar-refractivity contribution in [3.63, 3.8) is 0 Å². The number of anilines is 2. The molecule has 0 fully saturated rings. The van der Waals surface area contributed by atoms with Crippen molar-refractivity contribution in [2.75, 3.05) is 11.1 Å². The fraction of sp³-hybridized carbons (Fsp3) is 0. The summed E-state index contributed by atoms with van der Waals surface area (Å²) >= 11 is 3.13. The molecule has 82 valence electrons. The summed E-state index contributed by atoms with van der Waals surface area (Å²) in [5.74, 6) is -0.293. The number of nitrogens with two attached hydrogens (primary N) is 1.